The number of anilines is 1. The number of thiocarbonyl (C=S) groups is 2. The van der Waals surface area contributed by atoms with Gasteiger partial charge in [0.2, 0.25) is 0 Å². The van der Waals surface area contributed by atoms with E-state index in [2.05, 4.69) is 26.4 Å². The Kier molecular flexibility index (Phi) is 7.47. The summed E-state index contributed by atoms with van der Waals surface area (Å²) in [5.74, 6) is 0. The zero-order chi connectivity index (χ0) is 16.5. The van der Waals surface area contributed by atoms with Crippen molar-refractivity contribution < 1.29 is 4.74 Å². The number of hydrazine groups is 1. The molecule has 0 radical (unpaired) electrons. The first-order valence-electron chi connectivity index (χ1n) is 7.62. The van der Waals surface area contributed by atoms with Gasteiger partial charge in [-0.1, -0.05) is 18.2 Å². The highest BCUT2D eigenvalue weighted by atomic mass is 32.1. The van der Waals surface area contributed by atoms with Gasteiger partial charge in [0.1, 0.15) is 0 Å². The molecule has 0 aromatic heterocycles. The number of hydrogen-bond acceptors (Lipinski definition) is 4. The zero-order valence-electron chi connectivity index (χ0n) is 13.2. The minimum absolute atomic E-state index is 0.469. The van der Waals surface area contributed by atoms with E-state index in [1.165, 1.54) is 0 Å². The third-order valence-corrected chi connectivity index (χ3v) is 3.95. The third-order valence-electron chi connectivity index (χ3n) is 3.50. The summed E-state index contributed by atoms with van der Waals surface area (Å²) in [6, 6.07) is 7.95. The van der Waals surface area contributed by atoms with E-state index < -0.39 is 0 Å². The molecule has 0 spiro atoms. The second kappa shape index (κ2) is 9.61. The molecule has 6 nitrogen and oxygen atoms in total. The summed E-state index contributed by atoms with van der Waals surface area (Å²) in [7, 11) is 0. The van der Waals surface area contributed by atoms with Gasteiger partial charge in [0, 0.05) is 31.9 Å². The smallest absolute Gasteiger partial charge is 0.189 e. The van der Waals surface area contributed by atoms with E-state index in [9.17, 15) is 0 Å². The predicted molar refractivity (Wildman–Crippen MR) is 102 cm³/mol. The monoisotopic (exact) mass is 353 g/mol. The summed E-state index contributed by atoms with van der Waals surface area (Å²) in [5.41, 5.74) is 7.86. The normalized spacial score (nSPS) is 14.8. The topological polar surface area (TPSA) is 60.6 Å². The summed E-state index contributed by atoms with van der Waals surface area (Å²) >= 11 is 10.4. The Morgan fingerprint density at radius 1 is 1.13 bits per heavy atom. The van der Waals surface area contributed by atoms with Crippen molar-refractivity contribution in [2.45, 2.75) is 6.92 Å². The van der Waals surface area contributed by atoms with Crippen LogP contribution < -0.4 is 21.5 Å². The van der Waals surface area contributed by atoms with Crippen molar-refractivity contribution in [3.8, 4) is 0 Å². The average Bonchev–Trinajstić information content (AvgIpc) is 2.56. The van der Waals surface area contributed by atoms with Crippen LogP contribution >= 0.6 is 24.4 Å². The second-order valence-electron chi connectivity index (χ2n) is 5.23. The molecule has 0 amide bonds. The highest BCUT2D eigenvalue weighted by Crippen LogP contribution is 2.12. The molecule has 1 aromatic rings. The number of rotatable bonds is 4. The summed E-state index contributed by atoms with van der Waals surface area (Å²) < 4.78 is 5.32. The summed E-state index contributed by atoms with van der Waals surface area (Å²) in [6.07, 6.45) is 0. The van der Waals surface area contributed by atoms with E-state index in [0.717, 1.165) is 50.6 Å². The molecule has 0 unspecified atom stereocenters. The van der Waals surface area contributed by atoms with Gasteiger partial charge < -0.3 is 15.4 Å². The number of nitrogens with one attached hydrogen (secondary N) is 4. The van der Waals surface area contributed by atoms with Crippen LogP contribution in [-0.2, 0) is 4.74 Å². The first kappa shape index (κ1) is 17.9. The molecule has 0 bridgehead atoms. The molecular weight excluding hydrogens is 330 g/mol. The van der Waals surface area contributed by atoms with Gasteiger partial charge >= 0.3 is 0 Å². The lowest BCUT2D eigenvalue weighted by atomic mass is 10.2. The third kappa shape index (κ3) is 6.66. The molecule has 1 heterocycles. The maximum Gasteiger partial charge on any atom is 0.189 e. The molecule has 1 aliphatic rings. The largest absolute Gasteiger partial charge is 0.379 e. The van der Waals surface area contributed by atoms with Crippen LogP contribution in [0.15, 0.2) is 24.3 Å². The van der Waals surface area contributed by atoms with Crippen molar-refractivity contribution in [1.82, 2.24) is 21.1 Å². The van der Waals surface area contributed by atoms with Crippen molar-refractivity contribution in [1.29, 1.82) is 0 Å². The van der Waals surface area contributed by atoms with Crippen molar-refractivity contribution in [2.75, 3.05) is 44.7 Å². The van der Waals surface area contributed by atoms with Gasteiger partial charge in [0.05, 0.1) is 13.2 Å². The Balaban J connectivity index is 1.60. The quantitative estimate of drug-likeness (QED) is 0.472. The molecule has 0 atom stereocenters. The van der Waals surface area contributed by atoms with Gasteiger partial charge in [-0.3, -0.25) is 15.8 Å². The van der Waals surface area contributed by atoms with Gasteiger partial charge in [-0.25, -0.2) is 0 Å². The number of aryl methyl sites for hydroxylation is 1. The molecule has 0 aliphatic carbocycles. The standard InChI is InChI=1S/C15H23N5OS2/c1-12-4-2-3-5-13(12)17-15(23)19-18-14(22)16-6-7-20-8-10-21-11-9-20/h2-5H,6-11H2,1H3,(H2,16,18,22)(H2,17,19,23). The van der Waals surface area contributed by atoms with E-state index in [1.807, 2.05) is 31.2 Å². The van der Waals surface area contributed by atoms with Crippen molar-refractivity contribution in [2.24, 2.45) is 0 Å². The van der Waals surface area contributed by atoms with Crippen LogP contribution in [0.2, 0.25) is 0 Å². The minimum atomic E-state index is 0.469. The van der Waals surface area contributed by atoms with Crippen LogP contribution in [0.25, 0.3) is 0 Å². The molecule has 2 rings (SSSR count). The molecule has 1 fully saturated rings. The fourth-order valence-corrected chi connectivity index (χ4v) is 2.49. The summed E-state index contributed by atoms with van der Waals surface area (Å²) in [6.45, 7) is 7.32. The lowest BCUT2D eigenvalue weighted by Crippen LogP contribution is -2.50. The SMILES string of the molecule is Cc1ccccc1NC(=S)NNC(=S)NCCN1CCOCC1. The Labute approximate surface area is 147 Å². The van der Waals surface area contributed by atoms with Crippen LogP contribution in [0.1, 0.15) is 5.56 Å². The number of nitrogens with zero attached hydrogens (tertiary/aromatic N) is 1. The number of ether oxygens (including phenoxy) is 1. The van der Waals surface area contributed by atoms with Crippen molar-refractivity contribution in [3.63, 3.8) is 0 Å². The molecule has 4 N–H and O–H groups in total. The molecule has 1 saturated heterocycles. The lowest BCUT2D eigenvalue weighted by molar-refractivity contribution is 0.0389. The molecule has 1 aliphatic heterocycles. The van der Waals surface area contributed by atoms with Gasteiger partial charge in [0.15, 0.2) is 10.2 Å². The molecule has 1 aromatic carbocycles. The van der Waals surface area contributed by atoms with Crippen LogP contribution in [0, 0.1) is 6.92 Å². The Hall–Kier alpha value is -1.48. The highest BCUT2D eigenvalue weighted by Gasteiger charge is 2.09. The van der Waals surface area contributed by atoms with Gasteiger partial charge in [-0.2, -0.15) is 0 Å². The number of hydrogen-bond donors (Lipinski definition) is 4. The van der Waals surface area contributed by atoms with Gasteiger partial charge in [-0.15, -0.1) is 0 Å². The van der Waals surface area contributed by atoms with Gasteiger partial charge in [0.25, 0.3) is 0 Å². The van der Waals surface area contributed by atoms with E-state index in [0.29, 0.717) is 10.2 Å². The number of para-hydroxylation sites is 1. The Bertz CT molecular complexity index is 534. The highest BCUT2D eigenvalue weighted by molar-refractivity contribution is 7.80. The maximum absolute atomic E-state index is 5.32. The molecule has 126 valence electrons. The number of morpholine rings is 1. The van der Waals surface area contributed by atoms with Crippen LogP contribution in [0.3, 0.4) is 0 Å². The summed E-state index contributed by atoms with van der Waals surface area (Å²) in [4.78, 5) is 2.34. The number of benzene rings is 1. The van der Waals surface area contributed by atoms with Crippen LogP contribution in [0.5, 0.6) is 0 Å². The first-order chi connectivity index (χ1) is 11.1. The molecule has 23 heavy (non-hydrogen) atoms. The van der Waals surface area contributed by atoms with E-state index in [4.69, 9.17) is 29.2 Å². The molecular formula is C15H23N5OS2. The fraction of sp³-hybridized carbons (Fsp3) is 0.467. The average molecular weight is 354 g/mol. The van der Waals surface area contributed by atoms with E-state index in [-0.39, 0.29) is 0 Å². The predicted octanol–water partition coefficient (Wildman–Crippen LogP) is 0.993. The Morgan fingerprint density at radius 2 is 1.83 bits per heavy atom. The maximum atomic E-state index is 5.32. The lowest BCUT2D eigenvalue weighted by Gasteiger charge is -2.26. The van der Waals surface area contributed by atoms with Crippen LogP contribution in [-0.4, -0.2) is 54.5 Å². The fourth-order valence-electron chi connectivity index (χ4n) is 2.18. The van der Waals surface area contributed by atoms with E-state index >= 15 is 0 Å². The molecule has 8 heteroatoms. The van der Waals surface area contributed by atoms with E-state index in [1.54, 1.807) is 0 Å². The van der Waals surface area contributed by atoms with Gasteiger partial charge in [-0.05, 0) is 43.0 Å². The Morgan fingerprint density at radius 3 is 2.57 bits per heavy atom. The minimum Gasteiger partial charge on any atom is -0.379 e. The van der Waals surface area contributed by atoms with Crippen LogP contribution in [0.4, 0.5) is 5.69 Å². The first-order valence-corrected chi connectivity index (χ1v) is 8.43. The van der Waals surface area contributed by atoms with Crippen molar-refractivity contribution >= 4 is 40.3 Å². The zero-order valence-corrected chi connectivity index (χ0v) is 14.9. The summed E-state index contributed by atoms with van der Waals surface area (Å²) in [5, 5.41) is 7.26. The second-order valence-corrected chi connectivity index (χ2v) is 6.05. The molecule has 0 saturated carbocycles. The van der Waals surface area contributed by atoms with Crippen molar-refractivity contribution in [3.05, 3.63) is 29.8 Å².